The van der Waals surface area contributed by atoms with Crippen molar-refractivity contribution in [2.24, 2.45) is 0 Å². The van der Waals surface area contributed by atoms with Gasteiger partial charge in [-0.15, -0.1) is 10.2 Å². The van der Waals surface area contributed by atoms with Gasteiger partial charge in [-0.05, 0) is 12.1 Å². The van der Waals surface area contributed by atoms with E-state index in [0.29, 0.717) is 5.69 Å². The normalized spacial score (nSPS) is 11.2. The van der Waals surface area contributed by atoms with E-state index in [1.807, 2.05) is 0 Å². The number of carbonyl (C=O) groups is 1. The first kappa shape index (κ1) is 13.4. The molecule has 0 aliphatic carbocycles. The summed E-state index contributed by atoms with van der Waals surface area (Å²) in [7, 11) is -3.81. The molecule has 0 aliphatic rings. The summed E-state index contributed by atoms with van der Waals surface area (Å²) in [6.07, 6.45) is 0. The maximum absolute atomic E-state index is 11.8. The largest absolute Gasteiger partial charge is 0.374 e. The number of carbonyl (C=O) groups excluding carboxylic acids is 1. The summed E-state index contributed by atoms with van der Waals surface area (Å²) in [6.45, 7) is 0. The number of amides is 1. The van der Waals surface area contributed by atoms with E-state index in [9.17, 15) is 13.2 Å². The lowest BCUT2D eigenvalue weighted by atomic mass is 10.3. The van der Waals surface area contributed by atoms with Crippen LogP contribution in [0.15, 0.2) is 34.7 Å². The molecule has 2 aromatic rings. The minimum Gasteiger partial charge on any atom is -0.374 e. The minimum atomic E-state index is -3.81. The van der Waals surface area contributed by atoms with Crippen molar-refractivity contribution >= 4 is 37.9 Å². The van der Waals surface area contributed by atoms with Crippen molar-refractivity contribution < 1.29 is 13.2 Å². The molecule has 0 aliphatic heterocycles. The number of nitrogens with one attached hydrogen (secondary N) is 1. The molecule has 1 heterocycles. The van der Waals surface area contributed by atoms with Crippen molar-refractivity contribution in [1.82, 2.24) is 10.2 Å². The lowest BCUT2D eigenvalue weighted by molar-refractivity contribution is -0.113. The monoisotopic (exact) mass is 298 g/mol. The highest BCUT2D eigenvalue weighted by molar-refractivity contribution is 7.94. The predicted molar refractivity (Wildman–Crippen MR) is 71.4 cm³/mol. The van der Waals surface area contributed by atoms with Gasteiger partial charge in [0.15, 0.2) is 0 Å². The molecule has 3 N–H and O–H groups in total. The lowest BCUT2D eigenvalue weighted by Gasteiger charge is -2.04. The number of nitrogens with two attached hydrogens (primary N) is 1. The van der Waals surface area contributed by atoms with Crippen LogP contribution < -0.4 is 11.1 Å². The van der Waals surface area contributed by atoms with Crippen LogP contribution in [0.4, 0.5) is 10.8 Å². The van der Waals surface area contributed by atoms with Gasteiger partial charge in [0.2, 0.25) is 25.2 Å². The molecule has 7 nitrogen and oxygen atoms in total. The highest BCUT2D eigenvalue weighted by atomic mass is 32.2. The summed E-state index contributed by atoms with van der Waals surface area (Å²) in [5.41, 5.74) is 5.84. The van der Waals surface area contributed by atoms with Gasteiger partial charge in [0.1, 0.15) is 5.75 Å². The van der Waals surface area contributed by atoms with Crippen molar-refractivity contribution in [3.8, 4) is 0 Å². The average molecular weight is 298 g/mol. The first-order valence-corrected chi connectivity index (χ1v) is 7.61. The van der Waals surface area contributed by atoms with E-state index in [2.05, 4.69) is 15.5 Å². The fourth-order valence-electron chi connectivity index (χ4n) is 1.30. The van der Waals surface area contributed by atoms with Crippen LogP contribution in [0.1, 0.15) is 0 Å². The Morgan fingerprint density at radius 1 is 1.26 bits per heavy atom. The topological polar surface area (TPSA) is 115 Å². The fourth-order valence-corrected chi connectivity index (χ4v) is 3.29. The van der Waals surface area contributed by atoms with Crippen LogP contribution in [0.25, 0.3) is 0 Å². The van der Waals surface area contributed by atoms with Crippen LogP contribution >= 0.6 is 11.3 Å². The summed E-state index contributed by atoms with van der Waals surface area (Å²) in [6, 6.07) is 8.57. The number of sulfone groups is 1. The summed E-state index contributed by atoms with van der Waals surface area (Å²) in [4.78, 5) is 11.6. The van der Waals surface area contributed by atoms with Crippen LogP contribution in [-0.2, 0) is 14.6 Å². The molecule has 0 radical (unpaired) electrons. The van der Waals surface area contributed by atoms with Gasteiger partial charge < -0.3 is 11.1 Å². The molecular weight excluding hydrogens is 288 g/mol. The van der Waals surface area contributed by atoms with Crippen molar-refractivity contribution in [2.75, 3.05) is 16.8 Å². The smallest absolute Gasteiger partial charge is 0.240 e. The highest BCUT2D eigenvalue weighted by Crippen LogP contribution is 2.18. The van der Waals surface area contributed by atoms with Gasteiger partial charge in [-0.25, -0.2) is 8.42 Å². The minimum absolute atomic E-state index is 0.0436. The number of para-hydroxylation sites is 1. The number of anilines is 2. The molecule has 19 heavy (non-hydrogen) atoms. The molecule has 0 fully saturated rings. The zero-order valence-corrected chi connectivity index (χ0v) is 11.2. The number of aromatic nitrogens is 2. The first-order valence-electron chi connectivity index (χ1n) is 5.14. The van der Waals surface area contributed by atoms with Crippen molar-refractivity contribution in [3.05, 3.63) is 30.3 Å². The Morgan fingerprint density at radius 3 is 2.53 bits per heavy atom. The lowest BCUT2D eigenvalue weighted by Crippen LogP contribution is -2.22. The molecule has 0 unspecified atom stereocenters. The van der Waals surface area contributed by atoms with Gasteiger partial charge in [-0.2, -0.15) is 0 Å². The molecule has 100 valence electrons. The molecule has 0 spiro atoms. The van der Waals surface area contributed by atoms with Crippen LogP contribution in [-0.4, -0.2) is 30.3 Å². The van der Waals surface area contributed by atoms with E-state index in [1.165, 1.54) is 0 Å². The van der Waals surface area contributed by atoms with Crippen LogP contribution in [0.2, 0.25) is 0 Å². The van der Waals surface area contributed by atoms with Crippen molar-refractivity contribution in [3.63, 3.8) is 0 Å². The molecule has 1 amide bonds. The summed E-state index contributed by atoms with van der Waals surface area (Å²) >= 11 is 0.731. The number of nitrogen functional groups attached to an aromatic ring is 1. The SMILES string of the molecule is Nc1nnc(S(=O)(=O)CC(=O)Nc2ccccc2)s1. The van der Waals surface area contributed by atoms with Gasteiger partial charge in [0.05, 0.1) is 0 Å². The number of benzene rings is 1. The van der Waals surface area contributed by atoms with E-state index in [4.69, 9.17) is 5.73 Å². The standard InChI is InChI=1S/C10H10N4O3S2/c11-9-13-14-10(18-9)19(16,17)6-8(15)12-7-4-2-1-3-5-7/h1-5H,6H2,(H2,11,13)(H,12,15). The van der Waals surface area contributed by atoms with E-state index in [0.717, 1.165) is 11.3 Å². The van der Waals surface area contributed by atoms with Gasteiger partial charge in [-0.3, -0.25) is 4.79 Å². The maximum Gasteiger partial charge on any atom is 0.240 e. The van der Waals surface area contributed by atoms with Gasteiger partial charge in [0.25, 0.3) is 0 Å². The first-order chi connectivity index (χ1) is 8.97. The fraction of sp³-hybridized carbons (Fsp3) is 0.100. The molecule has 0 bridgehead atoms. The van der Waals surface area contributed by atoms with Crippen LogP contribution in [0, 0.1) is 0 Å². The molecule has 1 aromatic heterocycles. The quantitative estimate of drug-likeness (QED) is 0.851. The van der Waals surface area contributed by atoms with E-state index in [-0.39, 0.29) is 9.47 Å². The molecule has 0 saturated carbocycles. The summed E-state index contributed by atoms with van der Waals surface area (Å²) in [5.74, 6) is -1.34. The number of hydrogen-bond acceptors (Lipinski definition) is 7. The predicted octanol–water partition coefficient (Wildman–Crippen LogP) is 0.533. The maximum atomic E-state index is 11.8. The Morgan fingerprint density at radius 2 is 1.95 bits per heavy atom. The van der Waals surface area contributed by atoms with Crippen LogP contribution in [0.3, 0.4) is 0 Å². The molecule has 2 rings (SSSR count). The van der Waals surface area contributed by atoms with Gasteiger partial charge >= 0.3 is 0 Å². The highest BCUT2D eigenvalue weighted by Gasteiger charge is 2.23. The third-order valence-electron chi connectivity index (χ3n) is 2.07. The van der Waals surface area contributed by atoms with Gasteiger partial charge in [-0.1, -0.05) is 29.5 Å². The number of hydrogen-bond donors (Lipinski definition) is 2. The third-order valence-corrected chi connectivity index (χ3v) is 4.88. The average Bonchev–Trinajstić information content (AvgIpc) is 2.77. The third kappa shape index (κ3) is 3.48. The van der Waals surface area contributed by atoms with E-state index >= 15 is 0 Å². The van der Waals surface area contributed by atoms with Crippen LogP contribution in [0.5, 0.6) is 0 Å². The number of nitrogens with zero attached hydrogens (tertiary/aromatic N) is 2. The van der Waals surface area contributed by atoms with Gasteiger partial charge in [0, 0.05) is 5.69 Å². The van der Waals surface area contributed by atoms with Crippen molar-refractivity contribution in [1.29, 1.82) is 0 Å². The Hall–Kier alpha value is -2.00. The zero-order chi connectivity index (χ0) is 13.9. The molecule has 9 heteroatoms. The second-order valence-corrected chi connectivity index (χ2v) is 6.75. The Kier molecular flexibility index (Phi) is 3.76. The Bertz CT molecular complexity index is 682. The molecule has 0 atom stereocenters. The summed E-state index contributed by atoms with van der Waals surface area (Å²) < 4.78 is 23.4. The molecule has 1 aromatic carbocycles. The summed E-state index contributed by atoms with van der Waals surface area (Å²) in [5, 5.41) is 9.36. The van der Waals surface area contributed by atoms with Crippen molar-refractivity contribution in [2.45, 2.75) is 4.34 Å². The molecular formula is C10H10N4O3S2. The second kappa shape index (κ2) is 5.33. The Labute approximate surface area is 113 Å². The van der Waals surface area contributed by atoms with E-state index < -0.39 is 21.5 Å². The molecule has 0 saturated heterocycles. The van der Waals surface area contributed by atoms with E-state index in [1.54, 1.807) is 30.3 Å². The number of rotatable bonds is 4. The zero-order valence-electron chi connectivity index (χ0n) is 9.61. The Balaban J connectivity index is 2.07. The second-order valence-electron chi connectivity index (χ2n) is 3.58.